The molecule has 1 fully saturated rings. The summed E-state index contributed by atoms with van der Waals surface area (Å²) in [5.74, 6) is -1.68. The Labute approximate surface area is 136 Å². The van der Waals surface area contributed by atoms with Crippen LogP contribution < -0.4 is 0 Å². The molecule has 0 spiro atoms. The minimum absolute atomic E-state index is 0.0315. The summed E-state index contributed by atoms with van der Waals surface area (Å²) < 4.78 is 27.5. The summed E-state index contributed by atoms with van der Waals surface area (Å²) in [7, 11) is 0. The fraction of sp³-hybridized carbons (Fsp3) is 0.250. The second kappa shape index (κ2) is 6.22. The van der Waals surface area contributed by atoms with Gasteiger partial charge in [0.1, 0.15) is 17.3 Å². The summed E-state index contributed by atoms with van der Waals surface area (Å²) in [5, 5.41) is 10.3. The first kappa shape index (κ1) is 15.8. The summed E-state index contributed by atoms with van der Waals surface area (Å²) in [6, 6.07) is 5.30. The van der Waals surface area contributed by atoms with E-state index < -0.39 is 29.7 Å². The summed E-state index contributed by atoms with van der Waals surface area (Å²) in [4.78, 5) is 17.8. The van der Waals surface area contributed by atoms with E-state index in [0.29, 0.717) is 5.02 Å². The number of rotatable bonds is 2. The van der Waals surface area contributed by atoms with Crippen LogP contribution in [0.1, 0.15) is 28.5 Å². The van der Waals surface area contributed by atoms with Crippen LogP contribution in [0.5, 0.6) is 0 Å². The van der Waals surface area contributed by atoms with Crippen LogP contribution in [0.15, 0.2) is 36.5 Å². The van der Waals surface area contributed by atoms with Crippen LogP contribution in [0, 0.1) is 11.6 Å². The van der Waals surface area contributed by atoms with Gasteiger partial charge in [0.15, 0.2) is 0 Å². The lowest BCUT2D eigenvalue weighted by Gasteiger charge is -2.24. The Balaban J connectivity index is 1.95. The molecule has 0 unspecified atom stereocenters. The first-order chi connectivity index (χ1) is 11.0. The van der Waals surface area contributed by atoms with Crippen LogP contribution in [0.3, 0.4) is 0 Å². The predicted octanol–water partition coefficient (Wildman–Crippen LogP) is 2.96. The van der Waals surface area contributed by atoms with Crippen molar-refractivity contribution in [3.05, 3.63) is 64.4 Å². The number of amides is 1. The molecular weight excluding hydrogens is 326 g/mol. The number of hydrogen-bond donors (Lipinski definition) is 1. The molecule has 1 amide bonds. The Kier molecular flexibility index (Phi) is 4.28. The van der Waals surface area contributed by atoms with Crippen LogP contribution in [0.2, 0.25) is 5.02 Å². The topological polar surface area (TPSA) is 53.4 Å². The number of aliphatic hydroxyl groups excluding tert-OH is 1. The van der Waals surface area contributed by atoms with Crippen molar-refractivity contribution in [2.75, 3.05) is 6.54 Å². The van der Waals surface area contributed by atoms with Gasteiger partial charge in [-0.25, -0.2) is 13.8 Å². The van der Waals surface area contributed by atoms with Crippen molar-refractivity contribution in [3.8, 4) is 0 Å². The number of aromatic nitrogens is 1. The monoisotopic (exact) mass is 338 g/mol. The van der Waals surface area contributed by atoms with Gasteiger partial charge in [0.2, 0.25) is 0 Å². The van der Waals surface area contributed by atoms with Crippen LogP contribution >= 0.6 is 11.6 Å². The number of aliphatic hydroxyl groups is 1. The second-order valence-corrected chi connectivity index (χ2v) is 5.83. The van der Waals surface area contributed by atoms with Gasteiger partial charge in [-0.05, 0) is 36.8 Å². The lowest BCUT2D eigenvalue weighted by Crippen LogP contribution is -2.32. The first-order valence-corrected chi connectivity index (χ1v) is 7.39. The van der Waals surface area contributed by atoms with Gasteiger partial charge in [0, 0.05) is 18.3 Å². The molecule has 0 radical (unpaired) electrons. The lowest BCUT2D eigenvalue weighted by atomic mass is 10.0. The molecule has 120 valence electrons. The van der Waals surface area contributed by atoms with Crippen molar-refractivity contribution in [2.45, 2.75) is 18.6 Å². The zero-order valence-corrected chi connectivity index (χ0v) is 12.7. The third-order valence-corrected chi connectivity index (χ3v) is 4.03. The number of halogens is 3. The normalized spacial score (nSPS) is 20.8. The maximum Gasteiger partial charge on any atom is 0.273 e. The number of β-amino-alcohol motifs (C(OH)–C–C–N with tert-alkyl or cyclic N) is 1. The van der Waals surface area contributed by atoms with E-state index in [4.69, 9.17) is 11.6 Å². The molecule has 0 saturated carbocycles. The van der Waals surface area contributed by atoms with Gasteiger partial charge in [-0.15, -0.1) is 0 Å². The van der Waals surface area contributed by atoms with Crippen molar-refractivity contribution in [3.63, 3.8) is 0 Å². The average Bonchev–Trinajstić information content (AvgIpc) is 2.91. The first-order valence-electron chi connectivity index (χ1n) is 7.01. The molecule has 1 saturated heterocycles. The van der Waals surface area contributed by atoms with Crippen LogP contribution in [0.4, 0.5) is 8.78 Å². The van der Waals surface area contributed by atoms with Gasteiger partial charge in [-0.2, -0.15) is 0 Å². The van der Waals surface area contributed by atoms with E-state index in [1.165, 1.54) is 23.2 Å². The molecule has 2 heterocycles. The molecule has 2 atom stereocenters. The Morgan fingerprint density at radius 2 is 2.09 bits per heavy atom. The van der Waals surface area contributed by atoms with E-state index in [1.54, 1.807) is 0 Å². The summed E-state index contributed by atoms with van der Waals surface area (Å²) >= 11 is 5.74. The Hall–Kier alpha value is -2.05. The molecule has 1 aliphatic rings. The molecule has 0 bridgehead atoms. The Morgan fingerprint density at radius 1 is 1.30 bits per heavy atom. The van der Waals surface area contributed by atoms with Crippen molar-refractivity contribution in [1.82, 2.24) is 9.88 Å². The number of pyridine rings is 1. The van der Waals surface area contributed by atoms with Crippen LogP contribution in [-0.2, 0) is 0 Å². The van der Waals surface area contributed by atoms with Crippen LogP contribution in [0.25, 0.3) is 0 Å². The molecule has 1 aliphatic heterocycles. The van der Waals surface area contributed by atoms with E-state index >= 15 is 0 Å². The third-order valence-electron chi connectivity index (χ3n) is 3.80. The highest BCUT2D eigenvalue weighted by molar-refractivity contribution is 6.30. The summed E-state index contributed by atoms with van der Waals surface area (Å²) in [6.07, 6.45) is 0.664. The average molecular weight is 339 g/mol. The number of carbonyl (C=O) groups is 1. The van der Waals surface area contributed by atoms with Gasteiger partial charge in [0.25, 0.3) is 5.91 Å². The second-order valence-electron chi connectivity index (χ2n) is 5.39. The predicted molar refractivity (Wildman–Crippen MR) is 80.0 cm³/mol. The van der Waals surface area contributed by atoms with E-state index in [9.17, 15) is 18.7 Å². The van der Waals surface area contributed by atoms with E-state index in [0.717, 1.165) is 18.2 Å². The number of hydrogen-bond acceptors (Lipinski definition) is 3. The molecule has 1 aromatic carbocycles. The minimum Gasteiger partial charge on any atom is -0.391 e. The van der Waals surface area contributed by atoms with Gasteiger partial charge in [-0.1, -0.05) is 11.6 Å². The third kappa shape index (κ3) is 3.18. The summed E-state index contributed by atoms with van der Waals surface area (Å²) in [6.45, 7) is 0.0315. The highest BCUT2D eigenvalue weighted by atomic mass is 35.5. The smallest absolute Gasteiger partial charge is 0.273 e. The fourth-order valence-corrected chi connectivity index (χ4v) is 2.86. The van der Waals surface area contributed by atoms with E-state index in [-0.39, 0.29) is 24.2 Å². The Morgan fingerprint density at radius 3 is 2.78 bits per heavy atom. The molecule has 2 aromatic rings. The maximum atomic E-state index is 14.0. The maximum absolute atomic E-state index is 14.0. The van der Waals surface area contributed by atoms with Gasteiger partial charge in [-0.3, -0.25) is 4.79 Å². The SMILES string of the molecule is O=C(c1ccc(Cl)cn1)N1C[C@H](O)C[C@H]1c1cc(F)ccc1F. The van der Waals surface area contributed by atoms with Crippen molar-refractivity contribution in [1.29, 1.82) is 0 Å². The number of carbonyl (C=O) groups excluding carboxylic acids is 1. The standard InChI is InChI=1S/C16H13ClF2N2O2/c17-9-1-4-14(20-7-9)16(23)21-8-11(22)6-15(21)12-5-10(18)2-3-13(12)19/h1-5,7,11,15,22H,6,8H2/t11-,15+/m1/s1. The fourth-order valence-electron chi connectivity index (χ4n) is 2.75. The molecule has 1 aromatic heterocycles. The number of likely N-dealkylation sites (tertiary alicyclic amines) is 1. The molecule has 3 rings (SSSR count). The highest BCUT2D eigenvalue weighted by Crippen LogP contribution is 2.35. The van der Waals surface area contributed by atoms with Gasteiger partial charge >= 0.3 is 0 Å². The molecule has 4 nitrogen and oxygen atoms in total. The summed E-state index contributed by atoms with van der Waals surface area (Å²) in [5.41, 5.74) is 0.175. The van der Waals surface area contributed by atoms with Crippen molar-refractivity contribution in [2.24, 2.45) is 0 Å². The molecule has 0 aliphatic carbocycles. The number of benzene rings is 1. The number of nitrogens with zero attached hydrogens (tertiary/aromatic N) is 2. The van der Waals surface area contributed by atoms with Crippen molar-refractivity contribution < 1.29 is 18.7 Å². The molecule has 23 heavy (non-hydrogen) atoms. The zero-order chi connectivity index (χ0) is 16.6. The minimum atomic E-state index is -0.807. The molecule has 1 N–H and O–H groups in total. The molecular formula is C16H13ClF2N2O2. The molecule has 7 heteroatoms. The zero-order valence-electron chi connectivity index (χ0n) is 11.9. The Bertz CT molecular complexity index is 739. The van der Waals surface area contributed by atoms with Gasteiger partial charge in [0.05, 0.1) is 17.2 Å². The van der Waals surface area contributed by atoms with Gasteiger partial charge < -0.3 is 10.0 Å². The highest BCUT2D eigenvalue weighted by Gasteiger charge is 2.37. The largest absolute Gasteiger partial charge is 0.391 e. The van der Waals surface area contributed by atoms with Crippen LogP contribution in [-0.4, -0.2) is 33.5 Å². The van der Waals surface area contributed by atoms with Crippen molar-refractivity contribution >= 4 is 17.5 Å². The quantitative estimate of drug-likeness (QED) is 0.916. The van der Waals surface area contributed by atoms with E-state index in [1.807, 2.05) is 0 Å². The lowest BCUT2D eigenvalue weighted by molar-refractivity contribution is 0.0708. The van der Waals surface area contributed by atoms with E-state index in [2.05, 4.69) is 4.98 Å².